The Hall–Kier alpha value is -1.42. The first-order valence-electron chi connectivity index (χ1n) is 6.41. The molecule has 10 heteroatoms. The number of hydrogen-bond donors (Lipinski definition) is 3. The zero-order chi connectivity index (χ0) is 15.9. The number of aliphatic hydroxyl groups is 1. The van der Waals surface area contributed by atoms with Gasteiger partial charge < -0.3 is 10.4 Å². The molecule has 0 bridgehead atoms. The van der Waals surface area contributed by atoms with E-state index in [4.69, 9.17) is 5.11 Å². The lowest BCUT2D eigenvalue weighted by molar-refractivity contribution is -0.181. The van der Waals surface area contributed by atoms with Crippen LogP contribution in [0.1, 0.15) is 24.8 Å². The average molecular weight is 326 g/mol. The summed E-state index contributed by atoms with van der Waals surface area (Å²) in [6, 6.07) is -0.809. The number of unbranched alkanes of at least 4 members (excludes halogenated alkanes) is 1. The number of aliphatic hydroxyl groups excluding tert-OH is 1. The number of carbonyl (C=O) groups is 1. The highest BCUT2D eigenvalue weighted by molar-refractivity contribution is 7.15. The number of hydrogen-bond acceptors (Lipinski definition) is 5. The van der Waals surface area contributed by atoms with E-state index in [2.05, 4.69) is 15.5 Å². The first-order valence-corrected chi connectivity index (χ1v) is 7.23. The number of rotatable bonds is 7. The smallest absolute Gasteiger partial charge is 0.395 e. The second-order valence-corrected chi connectivity index (χ2v) is 5.42. The Bertz CT molecular complexity index is 453. The molecular weight excluding hydrogens is 309 g/mol. The fourth-order valence-corrected chi connectivity index (χ4v) is 2.15. The summed E-state index contributed by atoms with van der Waals surface area (Å²) < 4.78 is 37.1. The molecular formula is C11H17F3N4O2S. The normalized spacial score (nSPS) is 13.0. The second kappa shape index (κ2) is 8.13. The van der Waals surface area contributed by atoms with Gasteiger partial charge in [-0.1, -0.05) is 24.7 Å². The minimum absolute atomic E-state index is 0.228. The molecule has 0 aliphatic rings. The van der Waals surface area contributed by atoms with E-state index in [1.807, 2.05) is 12.2 Å². The first-order chi connectivity index (χ1) is 9.86. The Kier molecular flexibility index (Phi) is 6.82. The van der Waals surface area contributed by atoms with Crippen LogP contribution in [0.25, 0.3) is 0 Å². The van der Waals surface area contributed by atoms with E-state index in [9.17, 15) is 18.0 Å². The van der Waals surface area contributed by atoms with E-state index in [1.54, 1.807) is 0 Å². The van der Waals surface area contributed by atoms with Gasteiger partial charge in [-0.15, -0.1) is 10.2 Å². The third kappa shape index (κ3) is 6.25. The number of carbonyl (C=O) groups excluding carboxylic acids is 1. The topological polar surface area (TPSA) is 87.1 Å². The molecule has 0 spiro atoms. The fraction of sp³-hybridized carbons (Fsp3) is 0.727. The highest BCUT2D eigenvalue weighted by Crippen LogP contribution is 2.25. The average Bonchev–Trinajstić information content (AvgIpc) is 2.83. The number of aryl methyl sites for hydroxylation is 1. The summed E-state index contributed by atoms with van der Waals surface area (Å²) in [6.07, 6.45) is -1.86. The standard InChI is InChI=1S/C11H17F3N4O2S/c1-2-3-4-8-17-18-10(21-8)16-9(20)15-5-7(6-19)11(12,13)14/h7,19H,2-6H2,1H3,(H2,15,16,18,20). The van der Waals surface area contributed by atoms with E-state index >= 15 is 0 Å². The molecule has 1 aromatic heterocycles. The van der Waals surface area contributed by atoms with Gasteiger partial charge in [0.2, 0.25) is 5.13 Å². The van der Waals surface area contributed by atoms with Crippen molar-refractivity contribution in [1.29, 1.82) is 0 Å². The molecule has 0 aliphatic carbocycles. The fourth-order valence-electron chi connectivity index (χ4n) is 1.37. The number of halogens is 3. The van der Waals surface area contributed by atoms with Crippen LogP contribution in [-0.2, 0) is 6.42 Å². The summed E-state index contributed by atoms with van der Waals surface area (Å²) in [5, 5.41) is 21.6. The Labute approximate surface area is 123 Å². The lowest BCUT2D eigenvalue weighted by atomic mass is 10.1. The number of aromatic nitrogens is 2. The van der Waals surface area contributed by atoms with Crippen LogP contribution in [0.2, 0.25) is 0 Å². The SMILES string of the molecule is CCCCc1nnc(NC(=O)NCC(CO)C(F)(F)F)s1. The molecule has 120 valence electrons. The summed E-state index contributed by atoms with van der Waals surface area (Å²) in [4.78, 5) is 11.5. The number of anilines is 1. The predicted octanol–water partition coefficient (Wildman–Crippen LogP) is 2.17. The van der Waals surface area contributed by atoms with Gasteiger partial charge in [0.05, 0.1) is 12.5 Å². The lowest BCUT2D eigenvalue weighted by Crippen LogP contribution is -2.40. The summed E-state index contributed by atoms with van der Waals surface area (Å²) in [5.74, 6) is -1.99. The molecule has 1 atom stereocenters. The Morgan fingerprint density at radius 1 is 1.43 bits per heavy atom. The van der Waals surface area contributed by atoms with Crippen molar-refractivity contribution in [2.45, 2.75) is 32.4 Å². The molecule has 1 rings (SSSR count). The highest BCUT2D eigenvalue weighted by Gasteiger charge is 2.39. The quantitative estimate of drug-likeness (QED) is 0.717. The van der Waals surface area contributed by atoms with Gasteiger partial charge in [0.1, 0.15) is 5.01 Å². The van der Waals surface area contributed by atoms with Gasteiger partial charge in [-0.25, -0.2) is 4.79 Å². The second-order valence-electron chi connectivity index (χ2n) is 4.36. The molecule has 1 unspecified atom stereocenters. The van der Waals surface area contributed by atoms with Crippen LogP contribution in [0.15, 0.2) is 0 Å². The molecule has 0 radical (unpaired) electrons. The Morgan fingerprint density at radius 2 is 2.14 bits per heavy atom. The van der Waals surface area contributed by atoms with Crippen molar-refractivity contribution in [2.75, 3.05) is 18.5 Å². The number of alkyl halides is 3. The summed E-state index contributed by atoms with van der Waals surface area (Å²) in [6.45, 7) is 0.253. The minimum Gasteiger partial charge on any atom is -0.396 e. The molecule has 2 amide bonds. The zero-order valence-electron chi connectivity index (χ0n) is 11.4. The van der Waals surface area contributed by atoms with Gasteiger partial charge in [-0.05, 0) is 6.42 Å². The van der Waals surface area contributed by atoms with Crippen LogP contribution in [0.5, 0.6) is 0 Å². The molecule has 0 fully saturated rings. The van der Waals surface area contributed by atoms with Crippen molar-refractivity contribution in [2.24, 2.45) is 5.92 Å². The monoisotopic (exact) mass is 326 g/mol. The van der Waals surface area contributed by atoms with E-state index in [0.29, 0.717) is 0 Å². The zero-order valence-corrected chi connectivity index (χ0v) is 12.2. The van der Waals surface area contributed by atoms with Crippen LogP contribution in [0, 0.1) is 5.92 Å². The van der Waals surface area contributed by atoms with E-state index < -0.39 is 31.3 Å². The van der Waals surface area contributed by atoms with Crippen LogP contribution in [0.4, 0.5) is 23.1 Å². The van der Waals surface area contributed by atoms with Crippen LogP contribution < -0.4 is 10.6 Å². The largest absolute Gasteiger partial charge is 0.396 e. The molecule has 3 N–H and O–H groups in total. The molecule has 0 saturated carbocycles. The summed E-state index contributed by atoms with van der Waals surface area (Å²) >= 11 is 1.18. The summed E-state index contributed by atoms with van der Waals surface area (Å²) in [5.41, 5.74) is 0. The number of amides is 2. The number of urea groups is 1. The van der Waals surface area contributed by atoms with Crippen molar-refractivity contribution >= 4 is 22.5 Å². The van der Waals surface area contributed by atoms with Gasteiger partial charge in [0, 0.05) is 13.0 Å². The molecule has 0 aromatic carbocycles. The first kappa shape index (κ1) is 17.6. The van der Waals surface area contributed by atoms with Crippen molar-refractivity contribution in [3.63, 3.8) is 0 Å². The molecule has 1 heterocycles. The third-order valence-corrected chi connectivity index (χ3v) is 3.52. The molecule has 0 saturated heterocycles. The summed E-state index contributed by atoms with van der Waals surface area (Å²) in [7, 11) is 0. The predicted molar refractivity (Wildman–Crippen MR) is 72.2 cm³/mol. The van der Waals surface area contributed by atoms with E-state index in [0.717, 1.165) is 24.3 Å². The van der Waals surface area contributed by atoms with E-state index in [1.165, 1.54) is 11.3 Å². The number of nitrogens with one attached hydrogen (secondary N) is 2. The van der Waals surface area contributed by atoms with Crippen LogP contribution >= 0.6 is 11.3 Å². The maximum absolute atomic E-state index is 12.4. The minimum atomic E-state index is -4.56. The van der Waals surface area contributed by atoms with Gasteiger partial charge >= 0.3 is 12.2 Å². The van der Waals surface area contributed by atoms with Crippen molar-refractivity contribution in [3.05, 3.63) is 5.01 Å². The highest BCUT2D eigenvalue weighted by atomic mass is 32.1. The van der Waals surface area contributed by atoms with Crippen LogP contribution in [0.3, 0.4) is 0 Å². The molecule has 1 aromatic rings. The Balaban J connectivity index is 2.41. The maximum Gasteiger partial charge on any atom is 0.395 e. The van der Waals surface area contributed by atoms with Gasteiger partial charge in [-0.2, -0.15) is 13.2 Å². The van der Waals surface area contributed by atoms with Crippen molar-refractivity contribution in [1.82, 2.24) is 15.5 Å². The Morgan fingerprint density at radius 3 is 2.71 bits per heavy atom. The van der Waals surface area contributed by atoms with Crippen molar-refractivity contribution < 1.29 is 23.1 Å². The van der Waals surface area contributed by atoms with Gasteiger partial charge in [0.25, 0.3) is 0 Å². The van der Waals surface area contributed by atoms with Gasteiger partial charge in [-0.3, -0.25) is 5.32 Å². The van der Waals surface area contributed by atoms with Crippen LogP contribution in [-0.4, -0.2) is 40.7 Å². The number of nitrogens with zero attached hydrogens (tertiary/aromatic N) is 2. The van der Waals surface area contributed by atoms with Crippen molar-refractivity contribution in [3.8, 4) is 0 Å². The van der Waals surface area contributed by atoms with Gasteiger partial charge in [0.15, 0.2) is 0 Å². The lowest BCUT2D eigenvalue weighted by Gasteiger charge is -2.17. The third-order valence-electron chi connectivity index (χ3n) is 2.62. The molecule has 6 nitrogen and oxygen atoms in total. The molecule has 0 aliphatic heterocycles. The van der Waals surface area contributed by atoms with E-state index in [-0.39, 0.29) is 5.13 Å². The maximum atomic E-state index is 12.4. The molecule has 21 heavy (non-hydrogen) atoms.